The molecule has 0 aliphatic heterocycles. The molecule has 1 N–H and O–H groups in total. The van der Waals surface area contributed by atoms with Gasteiger partial charge in [-0.25, -0.2) is 0 Å². The Labute approximate surface area is 92.4 Å². The average molecular weight is 207 g/mol. The van der Waals surface area contributed by atoms with E-state index in [2.05, 4.69) is 18.8 Å². The summed E-state index contributed by atoms with van der Waals surface area (Å²) >= 11 is 0. The molecule has 2 nitrogen and oxygen atoms in total. The second-order valence-corrected chi connectivity index (χ2v) is 4.37. The molecule has 2 atom stereocenters. The van der Waals surface area contributed by atoms with Crippen molar-refractivity contribution in [1.29, 1.82) is 0 Å². The summed E-state index contributed by atoms with van der Waals surface area (Å²) in [6.45, 7) is 6.37. The summed E-state index contributed by atoms with van der Waals surface area (Å²) in [5, 5.41) is 9.89. The number of aliphatic hydroxyl groups is 1. The number of rotatable bonds is 5. The molecule has 0 aliphatic rings. The minimum absolute atomic E-state index is 0.256. The fraction of sp³-hybridized carbons (Fsp3) is 0.615. The van der Waals surface area contributed by atoms with Crippen LogP contribution in [0.2, 0.25) is 0 Å². The average Bonchev–Trinajstić information content (AvgIpc) is 2.21. The van der Waals surface area contributed by atoms with Crippen molar-refractivity contribution in [3.05, 3.63) is 29.6 Å². The van der Waals surface area contributed by atoms with Crippen LogP contribution in [0.3, 0.4) is 0 Å². The molecule has 1 aromatic heterocycles. The zero-order chi connectivity index (χ0) is 11.3. The number of pyridine rings is 1. The zero-order valence-electron chi connectivity index (χ0n) is 9.90. The van der Waals surface area contributed by atoms with Gasteiger partial charge in [-0.05, 0) is 30.9 Å². The maximum atomic E-state index is 9.89. The molecule has 1 heterocycles. The number of hydrogen-bond donors (Lipinski definition) is 1. The number of aliphatic hydroxyl groups excluding tert-OH is 1. The quantitative estimate of drug-likeness (QED) is 0.805. The summed E-state index contributed by atoms with van der Waals surface area (Å²) in [5.74, 6) is 0.587. The lowest BCUT2D eigenvalue weighted by Gasteiger charge is -2.15. The summed E-state index contributed by atoms with van der Waals surface area (Å²) in [5.41, 5.74) is 2.19. The molecule has 0 spiro atoms. The van der Waals surface area contributed by atoms with E-state index in [1.54, 1.807) is 6.20 Å². The van der Waals surface area contributed by atoms with Crippen molar-refractivity contribution in [2.24, 2.45) is 5.92 Å². The lowest BCUT2D eigenvalue weighted by molar-refractivity contribution is 0.143. The van der Waals surface area contributed by atoms with Crippen LogP contribution in [-0.2, 0) is 6.42 Å². The number of aryl methyl sites for hydroxylation is 1. The summed E-state index contributed by atoms with van der Waals surface area (Å²) < 4.78 is 0. The zero-order valence-corrected chi connectivity index (χ0v) is 9.90. The first-order valence-electron chi connectivity index (χ1n) is 5.72. The van der Waals surface area contributed by atoms with Crippen LogP contribution in [0, 0.1) is 12.8 Å². The molecule has 15 heavy (non-hydrogen) atoms. The van der Waals surface area contributed by atoms with Crippen molar-refractivity contribution in [3.63, 3.8) is 0 Å². The monoisotopic (exact) mass is 207 g/mol. The molecule has 0 radical (unpaired) electrons. The van der Waals surface area contributed by atoms with Crippen LogP contribution in [0.15, 0.2) is 18.3 Å². The van der Waals surface area contributed by atoms with Crippen LogP contribution in [0.1, 0.15) is 37.9 Å². The van der Waals surface area contributed by atoms with Crippen LogP contribution < -0.4 is 0 Å². The second-order valence-electron chi connectivity index (χ2n) is 4.37. The third-order valence-corrected chi connectivity index (χ3v) is 2.92. The Kier molecular flexibility index (Phi) is 4.76. The molecule has 1 aromatic rings. The number of nitrogens with zero attached hydrogens (tertiary/aromatic N) is 1. The van der Waals surface area contributed by atoms with Crippen molar-refractivity contribution in [1.82, 2.24) is 4.98 Å². The standard InChI is InChI=1S/C13H21NO/c1-4-10(2)8-12(15)9-13-11(3)6-5-7-14-13/h5-7,10,12,15H,4,8-9H2,1-3H3. The third kappa shape index (κ3) is 4.00. The van der Waals surface area contributed by atoms with Gasteiger partial charge < -0.3 is 5.11 Å². The maximum absolute atomic E-state index is 9.89. The van der Waals surface area contributed by atoms with Gasteiger partial charge in [0.15, 0.2) is 0 Å². The highest BCUT2D eigenvalue weighted by molar-refractivity contribution is 5.18. The van der Waals surface area contributed by atoms with Crippen molar-refractivity contribution in [2.45, 2.75) is 46.1 Å². The molecule has 0 aliphatic carbocycles. The summed E-state index contributed by atoms with van der Waals surface area (Å²) in [7, 11) is 0. The minimum Gasteiger partial charge on any atom is -0.393 e. The Balaban J connectivity index is 2.51. The largest absolute Gasteiger partial charge is 0.393 e. The highest BCUT2D eigenvalue weighted by Crippen LogP contribution is 2.14. The van der Waals surface area contributed by atoms with Gasteiger partial charge in [-0.15, -0.1) is 0 Å². The fourth-order valence-electron chi connectivity index (χ4n) is 1.67. The molecule has 0 amide bonds. The first kappa shape index (κ1) is 12.2. The summed E-state index contributed by atoms with van der Waals surface area (Å²) in [4.78, 5) is 4.29. The predicted molar refractivity (Wildman–Crippen MR) is 62.8 cm³/mol. The fourth-order valence-corrected chi connectivity index (χ4v) is 1.67. The van der Waals surface area contributed by atoms with E-state index in [-0.39, 0.29) is 6.10 Å². The topological polar surface area (TPSA) is 33.1 Å². The Hall–Kier alpha value is -0.890. The molecule has 0 bridgehead atoms. The molecule has 0 fully saturated rings. The highest BCUT2D eigenvalue weighted by Gasteiger charge is 2.11. The van der Waals surface area contributed by atoms with Crippen LogP contribution in [-0.4, -0.2) is 16.2 Å². The van der Waals surface area contributed by atoms with E-state index in [0.29, 0.717) is 12.3 Å². The third-order valence-electron chi connectivity index (χ3n) is 2.92. The van der Waals surface area contributed by atoms with E-state index >= 15 is 0 Å². The molecule has 1 rings (SSSR count). The van der Waals surface area contributed by atoms with E-state index < -0.39 is 0 Å². The SMILES string of the molecule is CCC(C)CC(O)Cc1ncccc1C. The normalized spacial score (nSPS) is 14.9. The Morgan fingerprint density at radius 2 is 2.20 bits per heavy atom. The number of aromatic nitrogens is 1. The van der Waals surface area contributed by atoms with Gasteiger partial charge in [0.1, 0.15) is 0 Å². The highest BCUT2D eigenvalue weighted by atomic mass is 16.3. The van der Waals surface area contributed by atoms with Gasteiger partial charge in [-0.1, -0.05) is 26.3 Å². The first-order valence-corrected chi connectivity index (χ1v) is 5.72. The van der Waals surface area contributed by atoms with Gasteiger partial charge in [0.2, 0.25) is 0 Å². The molecular formula is C13H21NO. The van der Waals surface area contributed by atoms with Crippen LogP contribution >= 0.6 is 0 Å². The Morgan fingerprint density at radius 3 is 2.80 bits per heavy atom. The second kappa shape index (κ2) is 5.86. The van der Waals surface area contributed by atoms with Crippen molar-refractivity contribution in [3.8, 4) is 0 Å². The van der Waals surface area contributed by atoms with Crippen LogP contribution in [0.5, 0.6) is 0 Å². The van der Waals surface area contributed by atoms with Crippen molar-refractivity contribution in [2.75, 3.05) is 0 Å². The van der Waals surface area contributed by atoms with E-state index in [1.807, 2.05) is 19.1 Å². The van der Waals surface area contributed by atoms with E-state index in [4.69, 9.17) is 0 Å². The van der Waals surface area contributed by atoms with Gasteiger partial charge in [0.05, 0.1) is 6.10 Å². The van der Waals surface area contributed by atoms with Crippen LogP contribution in [0.4, 0.5) is 0 Å². The Morgan fingerprint density at radius 1 is 1.47 bits per heavy atom. The lowest BCUT2D eigenvalue weighted by atomic mass is 9.97. The summed E-state index contributed by atoms with van der Waals surface area (Å²) in [6, 6.07) is 3.97. The smallest absolute Gasteiger partial charge is 0.0598 e. The molecule has 0 saturated heterocycles. The van der Waals surface area contributed by atoms with Gasteiger partial charge >= 0.3 is 0 Å². The molecule has 2 heteroatoms. The summed E-state index contributed by atoms with van der Waals surface area (Å²) in [6.07, 6.45) is 4.20. The number of hydrogen-bond acceptors (Lipinski definition) is 2. The van der Waals surface area contributed by atoms with Gasteiger partial charge in [0, 0.05) is 18.3 Å². The van der Waals surface area contributed by atoms with Gasteiger partial charge in [-0.3, -0.25) is 4.98 Å². The van der Waals surface area contributed by atoms with E-state index in [9.17, 15) is 5.11 Å². The first-order chi connectivity index (χ1) is 7.13. The van der Waals surface area contributed by atoms with Crippen LogP contribution in [0.25, 0.3) is 0 Å². The van der Waals surface area contributed by atoms with E-state index in [0.717, 1.165) is 18.5 Å². The minimum atomic E-state index is -0.256. The van der Waals surface area contributed by atoms with Gasteiger partial charge in [0.25, 0.3) is 0 Å². The predicted octanol–water partition coefficient (Wildman–Crippen LogP) is 2.73. The molecule has 0 aromatic carbocycles. The van der Waals surface area contributed by atoms with Crippen molar-refractivity contribution < 1.29 is 5.11 Å². The Bertz CT molecular complexity index is 298. The molecular weight excluding hydrogens is 186 g/mol. The molecule has 0 saturated carbocycles. The molecule has 84 valence electrons. The van der Waals surface area contributed by atoms with Gasteiger partial charge in [-0.2, -0.15) is 0 Å². The van der Waals surface area contributed by atoms with E-state index in [1.165, 1.54) is 5.56 Å². The lowest BCUT2D eigenvalue weighted by Crippen LogP contribution is -2.15. The van der Waals surface area contributed by atoms with Crippen molar-refractivity contribution >= 4 is 0 Å². The maximum Gasteiger partial charge on any atom is 0.0598 e. The molecule has 2 unspecified atom stereocenters.